The Morgan fingerprint density at radius 3 is 1.92 bits per heavy atom. The Labute approximate surface area is 145 Å². The number of hydrogen-bond donors (Lipinski definition) is 4. The highest BCUT2D eigenvalue weighted by Gasteiger charge is 2.26. The topological polar surface area (TPSA) is 109 Å². The van der Waals surface area contributed by atoms with E-state index < -0.39 is 12.0 Å². The van der Waals surface area contributed by atoms with Crippen LogP contribution >= 0.6 is 0 Å². The predicted octanol–water partition coefficient (Wildman–Crippen LogP) is 1.93. The summed E-state index contributed by atoms with van der Waals surface area (Å²) in [6, 6.07) is 7.41. The number of methoxy groups -OCH3 is 3. The molecular formula is C18H22O7. The first-order valence-corrected chi connectivity index (χ1v) is 7.56. The van der Waals surface area contributed by atoms with E-state index in [1.54, 1.807) is 6.07 Å². The summed E-state index contributed by atoms with van der Waals surface area (Å²) in [5, 5.41) is 40.3. The largest absolute Gasteiger partial charge is 0.508 e. The van der Waals surface area contributed by atoms with Gasteiger partial charge in [-0.3, -0.25) is 0 Å². The van der Waals surface area contributed by atoms with Crippen LogP contribution in [0.5, 0.6) is 28.7 Å². The molecule has 0 radical (unpaired) electrons. The van der Waals surface area contributed by atoms with Crippen LogP contribution in [0.2, 0.25) is 0 Å². The Morgan fingerprint density at radius 1 is 0.840 bits per heavy atom. The standard InChI is InChI=1S/C18H22O7/c1-23-13-5-11(4-12(20)8-13)17(21)14(9-19)10-6-15(24-2)18(22)16(7-10)25-3/h4-8,14,17,19-22H,9H2,1-3H3. The lowest BCUT2D eigenvalue weighted by Crippen LogP contribution is -2.15. The molecule has 2 aromatic carbocycles. The van der Waals surface area contributed by atoms with Gasteiger partial charge in [0.25, 0.3) is 0 Å². The number of phenols is 2. The zero-order chi connectivity index (χ0) is 18.6. The van der Waals surface area contributed by atoms with E-state index in [1.807, 2.05) is 0 Å². The van der Waals surface area contributed by atoms with E-state index in [2.05, 4.69) is 0 Å². The molecular weight excluding hydrogens is 328 g/mol. The molecule has 0 aliphatic carbocycles. The highest BCUT2D eigenvalue weighted by atomic mass is 16.5. The van der Waals surface area contributed by atoms with E-state index in [4.69, 9.17) is 14.2 Å². The first-order valence-electron chi connectivity index (χ1n) is 7.56. The van der Waals surface area contributed by atoms with Gasteiger partial charge in [0, 0.05) is 12.0 Å². The number of phenolic OH excluding ortho intramolecular Hbond substituents is 2. The van der Waals surface area contributed by atoms with Crippen LogP contribution in [0, 0.1) is 0 Å². The van der Waals surface area contributed by atoms with Crippen molar-refractivity contribution in [3.63, 3.8) is 0 Å². The second-order valence-electron chi connectivity index (χ2n) is 5.47. The summed E-state index contributed by atoms with van der Waals surface area (Å²) in [4.78, 5) is 0. The van der Waals surface area contributed by atoms with Crippen molar-refractivity contribution in [1.82, 2.24) is 0 Å². The highest BCUT2D eigenvalue weighted by Crippen LogP contribution is 2.42. The smallest absolute Gasteiger partial charge is 0.200 e. The highest BCUT2D eigenvalue weighted by molar-refractivity contribution is 5.54. The van der Waals surface area contributed by atoms with Gasteiger partial charge in [-0.05, 0) is 35.4 Å². The summed E-state index contributed by atoms with van der Waals surface area (Å²) in [6.07, 6.45) is -1.13. The Hall–Kier alpha value is -2.64. The minimum Gasteiger partial charge on any atom is -0.508 e. The van der Waals surface area contributed by atoms with Crippen LogP contribution in [-0.2, 0) is 0 Å². The van der Waals surface area contributed by atoms with Gasteiger partial charge in [-0.25, -0.2) is 0 Å². The Kier molecular flexibility index (Phi) is 5.95. The third-order valence-corrected chi connectivity index (χ3v) is 4.00. The first-order chi connectivity index (χ1) is 11.9. The number of aromatic hydroxyl groups is 2. The Bertz CT molecular complexity index is 704. The molecule has 0 saturated carbocycles. The molecule has 0 aliphatic rings. The van der Waals surface area contributed by atoms with E-state index >= 15 is 0 Å². The molecule has 0 saturated heterocycles. The van der Waals surface area contributed by atoms with Crippen molar-refractivity contribution in [3.05, 3.63) is 41.5 Å². The minimum absolute atomic E-state index is 0.0639. The van der Waals surface area contributed by atoms with E-state index in [-0.39, 0.29) is 29.6 Å². The van der Waals surface area contributed by atoms with Crippen LogP contribution in [0.3, 0.4) is 0 Å². The van der Waals surface area contributed by atoms with Crippen molar-refractivity contribution in [2.45, 2.75) is 12.0 Å². The fraction of sp³-hybridized carbons (Fsp3) is 0.333. The van der Waals surface area contributed by atoms with Crippen molar-refractivity contribution in [2.75, 3.05) is 27.9 Å². The molecule has 136 valence electrons. The fourth-order valence-electron chi connectivity index (χ4n) is 2.64. The molecule has 25 heavy (non-hydrogen) atoms. The van der Waals surface area contributed by atoms with Gasteiger partial charge in [0.05, 0.1) is 34.0 Å². The maximum Gasteiger partial charge on any atom is 0.200 e. The number of benzene rings is 2. The summed E-state index contributed by atoms with van der Waals surface area (Å²) in [7, 11) is 4.23. The number of rotatable bonds is 7. The zero-order valence-electron chi connectivity index (χ0n) is 14.3. The van der Waals surface area contributed by atoms with E-state index in [0.717, 1.165) is 0 Å². The lowest BCUT2D eigenvalue weighted by atomic mass is 9.89. The number of aliphatic hydroxyl groups is 2. The number of aliphatic hydroxyl groups excluding tert-OH is 2. The molecule has 2 unspecified atom stereocenters. The molecule has 2 atom stereocenters. The minimum atomic E-state index is -1.13. The maximum atomic E-state index is 10.7. The molecule has 4 N–H and O–H groups in total. The third-order valence-electron chi connectivity index (χ3n) is 4.00. The molecule has 0 aromatic heterocycles. The van der Waals surface area contributed by atoms with Gasteiger partial charge < -0.3 is 34.6 Å². The quantitative estimate of drug-likeness (QED) is 0.604. The molecule has 2 aromatic rings. The van der Waals surface area contributed by atoms with Gasteiger partial charge in [0.2, 0.25) is 5.75 Å². The van der Waals surface area contributed by atoms with Crippen molar-refractivity contribution in [1.29, 1.82) is 0 Å². The molecule has 7 heteroatoms. The van der Waals surface area contributed by atoms with Gasteiger partial charge in [-0.15, -0.1) is 0 Å². The second-order valence-corrected chi connectivity index (χ2v) is 5.47. The average molecular weight is 350 g/mol. The van der Waals surface area contributed by atoms with Crippen molar-refractivity contribution in [3.8, 4) is 28.7 Å². The van der Waals surface area contributed by atoms with Crippen LogP contribution in [0.15, 0.2) is 30.3 Å². The van der Waals surface area contributed by atoms with Crippen molar-refractivity contribution >= 4 is 0 Å². The van der Waals surface area contributed by atoms with E-state index in [9.17, 15) is 20.4 Å². The summed E-state index contributed by atoms with van der Waals surface area (Å²) >= 11 is 0. The monoisotopic (exact) mass is 350 g/mol. The molecule has 0 fully saturated rings. The maximum absolute atomic E-state index is 10.7. The normalized spacial score (nSPS) is 13.2. The van der Waals surface area contributed by atoms with Crippen molar-refractivity contribution < 1.29 is 34.6 Å². The molecule has 0 heterocycles. The fourth-order valence-corrected chi connectivity index (χ4v) is 2.64. The third kappa shape index (κ3) is 3.89. The first kappa shape index (κ1) is 18.7. The second kappa shape index (κ2) is 7.96. The lowest BCUT2D eigenvalue weighted by molar-refractivity contribution is 0.106. The molecule has 0 aliphatic heterocycles. The summed E-state index contributed by atoms with van der Waals surface area (Å²) in [5.41, 5.74) is 0.880. The summed E-state index contributed by atoms with van der Waals surface area (Å²) in [5.74, 6) is -0.270. The Balaban J connectivity index is 2.47. The molecule has 0 bridgehead atoms. The van der Waals surface area contributed by atoms with Gasteiger partial charge in [-0.1, -0.05) is 0 Å². The van der Waals surface area contributed by atoms with Crippen LogP contribution in [-0.4, -0.2) is 48.4 Å². The summed E-state index contributed by atoms with van der Waals surface area (Å²) < 4.78 is 15.3. The molecule has 0 spiro atoms. The Morgan fingerprint density at radius 2 is 1.44 bits per heavy atom. The molecule has 2 rings (SSSR count). The SMILES string of the molecule is COc1cc(O)cc(C(O)C(CO)c2cc(OC)c(O)c(OC)c2)c1. The number of ether oxygens (including phenoxy) is 3. The van der Waals surface area contributed by atoms with Crippen LogP contribution < -0.4 is 14.2 Å². The van der Waals surface area contributed by atoms with Crippen LogP contribution in [0.4, 0.5) is 0 Å². The number of hydrogen-bond acceptors (Lipinski definition) is 7. The van der Waals surface area contributed by atoms with Gasteiger partial charge in [0.15, 0.2) is 11.5 Å². The van der Waals surface area contributed by atoms with Gasteiger partial charge >= 0.3 is 0 Å². The van der Waals surface area contributed by atoms with Gasteiger partial charge in [0.1, 0.15) is 11.5 Å². The van der Waals surface area contributed by atoms with Gasteiger partial charge in [-0.2, -0.15) is 0 Å². The summed E-state index contributed by atoms with van der Waals surface area (Å²) in [6.45, 7) is -0.379. The molecule has 0 amide bonds. The lowest BCUT2D eigenvalue weighted by Gasteiger charge is -2.23. The zero-order valence-corrected chi connectivity index (χ0v) is 14.3. The predicted molar refractivity (Wildman–Crippen MR) is 90.7 cm³/mol. The van der Waals surface area contributed by atoms with Crippen molar-refractivity contribution in [2.24, 2.45) is 0 Å². The van der Waals surface area contributed by atoms with E-state index in [1.165, 1.54) is 45.6 Å². The van der Waals surface area contributed by atoms with Crippen LogP contribution in [0.1, 0.15) is 23.1 Å². The molecule has 7 nitrogen and oxygen atoms in total. The average Bonchev–Trinajstić information content (AvgIpc) is 2.62. The van der Waals surface area contributed by atoms with E-state index in [0.29, 0.717) is 16.9 Å². The van der Waals surface area contributed by atoms with Crippen LogP contribution in [0.25, 0.3) is 0 Å².